The first-order chi connectivity index (χ1) is 15.5. The number of carbonyl (C=O) groups is 1. The van der Waals surface area contributed by atoms with Crippen molar-refractivity contribution >= 4 is 39.2 Å². The summed E-state index contributed by atoms with van der Waals surface area (Å²) >= 11 is 2.97. The summed E-state index contributed by atoms with van der Waals surface area (Å²) in [4.78, 5) is 34.8. The van der Waals surface area contributed by atoms with Crippen LogP contribution in [0, 0.1) is 6.92 Å². The molecule has 0 saturated carbocycles. The fourth-order valence-corrected chi connectivity index (χ4v) is 6.27. The number of amides is 1. The van der Waals surface area contributed by atoms with E-state index in [4.69, 9.17) is 9.72 Å². The van der Waals surface area contributed by atoms with Crippen molar-refractivity contribution in [3.63, 3.8) is 0 Å². The van der Waals surface area contributed by atoms with Crippen LogP contribution in [0.4, 0.5) is 0 Å². The van der Waals surface area contributed by atoms with E-state index in [2.05, 4.69) is 12.1 Å². The van der Waals surface area contributed by atoms with Crippen molar-refractivity contribution in [3.8, 4) is 0 Å². The monoisotopic (exact) mass is 471 g/mol. The summed E-state index contributed by atoms with van der Waals surface area (Å²) in [5, 5.41) is 1.36. The second-order valence-corrected chi connectivity index (χ2v) is 10.3. The second-order valence-electron chi connectivity index (χ2n) is 8.26. The van der Waals surface area contributed by atoms with E-state index in [9.17, 15) is 9.59 Å². The molecule has 6 nitrogen and oxygen atoms in total. The molecule has 1 aromatic carbocycles. The molecular weight excluding hydrogens is 442 g/mol. The number of hydrogen-bond acceptors (Lipinski definition) is 6. The molecule has 0 fully saturated rings. The number of ether oxygens (including phenoxy) is 1. The molecule has 0 N–H and O–H groups in total. The van der Waals surface area contributed by atoms with Crippen LogP contribution in [0.3, 0.4) is 0 Å². The van der Waals surface area contributed by atoms with Crippen molar-refractivity contribution in [1.82, 2.24) is 14.5 Å². The van der Waals surface area contributed by atoms with Crippen molar-refractivity contribution < 1.29 is 9.53 Å². The Bertz CT molecular complexity index is 1170. The second kappa shape index (κ2) is 10.2. The highest BCUT2D eigenvalue weighted by Gasteiger charge is 2.23. The van der Waals surface area contributed by atoms with E-state index in [-0.39, 0.29) is 17.2 Å². The first kappa shape index (κ1) is 23.0. The Hall–Kier alpha value is -2.16. The third kappa shape index (κ3) is 4.92. The zero-order valence-corrected chi connectivity index (χ0v) is 20.5. The molecule has 0 spiro atoms. The van der Waals surface area contributed by atoms with Gasteiger partial charge in [-0.2, -0.15) is 0 Å². The predicted octanol–water partition coefficient (Wildman–Crippen LogP) is 4.04. The minimum Gasteiger partial charge on any atom is -0.383 e. The van der Waals surface area contributed by atoms with Crippen molar-refractivity contribution in [2.45, 2.75) is 50.9 Å². The van der Waals surface area contributed by atoms with Gasteiger partial charge in [0.1, 0.15) is 4.83 Å². The van der Waals surface area contributed by atoms with Crippen LogP contribution in [-0.4, -0.2) is 46.9 Å². The summed E-state index contributed by atoms with van der Waals surface area (Å²) in [5.74, 6) is 0.243. The minimum atomic E-state index is -0.00518. The van der Waals surface area contributed by atoms with Gasteiger partial charge in [-0.05, 0) is 43.7 Å². The van der Waals surface area contributed by atoms with Crippen LogP contribution in [0.25, 0.3) is 10.2 Å². The van der Waals surface area contributed by atoms with E-state index in [1.165, 1.54) is 34.2 Å². The van der Waals surface area contributed by atoms with Crippen molar-refractivity contribution in [2.75, 3.05) is 26.5 Å². The van der Waals surface area contributed by atoms with Crippen LogP contribution in [-0.2, 0) is 35.5 Å². The fourth-order valence-electron chi connectivity index (χ4n) is 4.00. The maximum Gasteiger partial charge on any atom is 0.263 e. The van der Waals surface area contributed by atoms with Gasteiger partial charge in [0.05, 0.1) is 24.3 Å². The summed E-state index contributed by atoms with van der Waals surface area (Å²) < 4.78 is 6.92. The molecule has 32 heavy (non-hydrogen) atoms. The van der Waals surface area contributed by atoms with E-state index < -0.39 is 0 Å². The third-order valence-electron chi connectivity index (χ3n) is 5.85. The molecule has 0 unspecified atom stereocenters. The first-order valence-electron chi connectivity index (χ1n) is 10.9. The van der Waals surface area contributed by atoms with Crippen LogP contribution in [0.15, 0.2) is 34.2 Å². The van der Waals surface area contributed by atoms with E-state index in [0.717, 1.165) is 35.0 Å². The molecule has 8 heteroatoms. The molecule has 3 aromatic rings. The summed E-state index contributed by atoms with van der Waals surface area (Å²) in [6.45, 7) is 3.46. The summed E-state index contributed by atoms with van der Waals surface area (Å²) in [5.41, 5.74) is 3.47. The highest BCUT2D eigenvalue weighted by atomic mass is 32.2. The predicted molar refractivity (Wildman–Crippen MR) is 131 cm³/mol. The molecule has 2 aromatic heterocycles. The summed E-state index contributed by atoms with van der Waals surface area (Å²) in [6.07, 6.45) is 4.26. The number of methoxy groups -OCH3 is 1. The van der Waals surface area contributed by atoms with E-state index in [0.29, 0.717) is 24.9 Å². The quantitative estimate of drug-likeness (QED) is 0.366. The summed E-state index contributed by atoms with van der Waals surface area (Å²) in [7, 11) is 3.44. The molecule has 1 aliphatic carbocycles. The Morgan fingerprint density at radius 1 is 1.25 bits per heavy atom. The third-order valence-corrected chi connectivity index (χ3v) is 8.00. The number of thioether (sulfide) groups is 1. The highest BCUT2D eigenvalue weighted by Crippen LogP contribution is 2.34. The lowest BCUT2D eigenvalue weighted by atomic mass is 9.97. The molecule has 0 atom stereocenters. The Kier molecular flexibility index (Phi) is 7.33. The Balaban J connectivity index is 1.55. The van der Waals surface area contributed by atoms with Crippen molar-refractivity contribution in [2.24, 2.45) is 0 Å². The zero-order valence-electron chi connectivity index (χ0n) is 18.8. The molecule has 1 aliphatic rings. The average Bonchev–Trinajstić information content (AvgIpc) is 3.17. The van der Waals surface area contributed by atoms with Gasteiger partial charge >= 0.3 is 0 Å². The number of carbonyl (C=O) groups excluding carboxylic acids is 1. The lowest BCUT2D eigenvalue weighted by Gasteiger charge is -2.18. The Morgan fingerprint density at radius 3 is 2.75 bits per heavy atom. The number of fused-ring (bicyclic) bond motifs is 3. The molecule has 0 aliphatic heterocycles. The SMILES string of the molecule is COCCn1c(SCC(=O)N(C)Cc2ccc(C)cc2)nc2sc3c(c2c1=O)CCCC3. The van der Waals surface area contributed by atoms with Gasteiger partial charge in [0, 0.05) is 25.6 Å². The first-order valence-corrected chi connectivity index (χ1v) is 12.7. The normalized spacial score (nSPS) is 13.3. The van der Waals surface area contributed by atoms with Crippen molar-refractivity contribution in [3.05, 3.63) is 56.2 Å². The number of nitrogens with zero attached hydrogens (tertiary/aromatic N) is 3. The fraction of sp³-hybridized carbons (Fsp3) is 0.458. The van der Waals surface area contributed by atoms with Crippen LogP contribution in [0.2, 0.25) is 0 Å². The van der Waals surface area contributed by atoms with Crippen molar-refractivity contribution in [1.29, 1.82) is 0 Å². The zero-order chi connectivity index (χ0) is 22.7. The summed E-state index contributed by atoms with van der Waals surface area (Å²) in [6, 6.07) is 8.19. The van der Waals surface area contributed by atoms with Gasteiger partial charge in [0.2, 0.25) is 5.91 Å². The lowest BCUT2D eigenvalue weighted by Crippen LogP contribution is -2.29. The van der Waals surface area contributed by atoms with Gasteiger partial charge in [0.25, 0.3) is 5.56 Å². The standard InChI is InChI=1S/C24H29N3O3S2/c1-16-8-10-17(11-9-16)14-26(2)20(28)15-31-24-25-22-21(23(29)27(24)12-13-30-3)18-6-4-5-7-19(18)32-22/h8-11H,4-7,12-15H2,1-3H3. The van der Waals surface area contributed by atoms with Gasteiger partial charge < -0.3 is 9.64 Å². The van der Waals surface area contributed by atoms with Crippen LogP contribution in [0.1, 0.15) is 34.4 Å². The van der Waals surface area contributed by atoms with Crippen LogP contribution < -0.4 is 5.56 Å². The maximum atomic E-state index is 13.4. The van der Waals surface area contributed by atoms with E-state index in [1.807, 2.05) is 26.1 Å². The van der Waals surface area contributed by atoms with Gasteiger partial charge in [-0.1, -0.05) is 41.6 Å². The number of hydrogen-bond donors (Lipinski definition) is 0. The maximum absolute atomic E-state index is 13.4. The van der Waals surface area contributed by atoms with E-state index >= 15 is 0 Å². The Labute approximate surface area is 196 Å². The van der Waals surface area contributed by atoms with E-state index in [1.54, 1.807) is 27.9 Å². The largest absolute Gasteiger partial charge is 0.383 e. The van der Waals surface area contributed by atoms with Gasteiger partial charge in [0.15, 0.2) is 5.16 Å². The molecule has 1 amide bonds. The average molecular weight is 472 g/mol. The number of aryl methyl sites for hydroxylation is 3. The number of thiophene rings is 1. The van der Waals surface area contributed by atoms with Crippen LogP contribution in [0.5, 0.6) is 0 Å². The molecule has 170 valence electrons. The number of aromatic nitrogens is 2. The van der Waals surface area contributed by atoms with Crippen LogP contribution >= 0.6 is 23.1 Å². The number of rotatable bonds is 8. The topological polar surface area (TPSA) is 64.4 Å². The Morgan fingerprint density at radius 2 is 2.00 bits per heavy atom. The molecular formula is C24H29N3O3S2. The molecule has 0 saturated heterocycles. The van der Waals surface area contributed by atoms with Gasteiger partial charge in [-0.15, -0.1) is 11.3 Å². The molecule has 0 bridgehead atoms. The molecule has 4 rings (SSSR count). The van der Waals surface area contributed by atoms with Gasteiger partial charge in [-0.3, -0.25) is 14.2 Å². The smallest absolute Gasteiger partial charge is 0.263 e. The van der Waals surface area contributed by atoms with Gasteiger partial charge in [-0.25, -0.2) is 4.98 Å². The minimum absolute atomic E-state index is 0.00518. The lowest BCUT2D eigenvalue weighted by molar-refractivity contribution is -0.127. The number of benzene rings is 1. The molecule has 2 heterocycles. The highest BCUT2D eigenvalue weighted by molar-refractivity contribution is 7.99. The molecule has 0 radical (unpaired) electrons.